The van der Waals surface area contributed by atoms with E-state index >= 15 is 0 Å². The lowest BCUT2D eigenvalue weighted by Gasteiger charge is -2.34. The van der Waals surface area contributed by atoms with Gasteiger partial charge in [-0.05, 0) is 93.1 Å². The second kappa shape index (κ2) is 9.18. The first-order valence-electron chi connectivity index (χ1n) is 13.1. The van der Waals surface area contributed by atoms with E-state index in [9.17, 15) is 0 Å². The lowest BCUT2D eigenvalue weighted by Crippen LogP contribution is -2.39. The van der Waals surface area contributed by atoms with E-state index in [4.69, 9.17) is 5.73 Å². The molecule has 4 aliphatic carbocycles. The van der Waals surface area contributed by atoms with Crippen LogP contribution in [0.25, 0.3) is 0 Å². The van der Waals surface area contributed by atoms with Gasteiger partial charge >= 0.3 is 0 Å². The van der Waals surface area contributed by atoms with E-state index in [2.05, 4.69) is 31.2 Å². The molecule has 4 unspecified atom stereocenters. The summed E-state index contributed by atoms with van der Waals surface area (Å²) in [7, 11) is 0. The van der Waals surface area contributed by atoms with Crippen molar-refractivity contribution >= 4 is 11.8 Å². The number of hydrogen-bond acceptors (Lipinski definition) is 2. The minimum atomic E-state index is -0.0778. The number of aryl methyl sites for hydroxylation is 1. The van der Waals surface area contributed by atoms with Crippen molar-refractivity contribution in [2.45, 2.75) is 107 Å². The molecule has 5 rings (SSSR count). The lowest BCUT2D eigenvalue weighted by molar-refractivity contribution is 0.277. The summed E-state index contributed by atoms with van der Waals surface area (Å²) in [5.74, 6) is 5.81. The van der Waals surface area contributed by atoms with Crippen LogP contribution in [0, 0.1) is 42.4 Å². The van der Waals surface area contributed by atoms with Crippen LogP contribution in [0.4, 0.5) is 0 Å². The zero-order valence-corrected chi connectivity index (χ0v) is 20.0. The van der Waals surface area contributed by atoms with Crippen molar-refractivity contribution < 1.29 is 0 Å². The van der Waals surface area contributed by atoms with Crippen LogP contribution in [-0.2, 0) is 0 Å². The molecule has 0 heterocycles. The summed E-state index contributed by atoms with van der Waals surface area (Å²) in [6.45, 7) is 2.19. The van der Waals surface area contributed by atoms with Crippen molar-refractivity contribution in [1.82, 2.24) is 0 Å². The van der Waals surface area contributed by atoms with Gasteiger partial charge in [0.1, 0.15) is 0 Å². The largest absolute Gasteiger partial charge is 0.316 e. The van der Waals surface area contributed by atoms with E-state index in [0.717, 1.165) is 35.5 Å². The SMILES string of the molecule is Cc1ccc(SC(N)(CC2CC3CCCCC3C2)CC2CC3CCCCC3C2)cc1. The highest BCUT2D eigenvalue weighted by Gasteiger charge is 2.43. The van der Waals surface area contributed by atoms with Gasteiger partial charge in [-0.3, -0.25) is 0 Å². The Kier molecular flexibility index (Phi) is 6.54. The summed E-state index contributed by atoms with van der Waals surface area (Å²) >= 11 is 2.02. The third-order valence-corrected chi connectivity index (χ3v) is 10.5. The molecule has 0 amide bonds. The normalized spacial score (nSPS) is 38.1. The van der Waals surface area contributed by atoms with Crippen LogP contribution in [0.2, 0.25) is 0 Å². The quantitative estimate of drug-likeness (QED) is 0.369. The first-order chi connectivity index (χ1) is 14.6. The van der Waals surface area contributed by atoms with Crippen LogP contribution < -0.4 is 5.73 Å². The van der Waals surface area contributed by atoms with Crippen molar-refractivity contribution in [2.24, 2.45) is 41.2 Å². The lowest BCUT2D eigenvalue weighted by atomic mass is 9.82. The molecular formula is C28H43NS. The molecule has 4 fully saturated rings. The Bertz CT molecular complexity index is 635. The molecule has 0 saturated heterocycles. The van der Waals surface area contributed by atoms with E-state index < -0.39 is 0 Å². The van der Waals surface area contributed by atoms with Crippen LogP contribution in [0.3, 0.4) is 0 Å². The Morgan fingerprint density at radius 2 is 1.13 bits per heavy atom. The van der Waals surface area contributed by atoms with Crippen LogP contribution >= 0.6 is 11.8 Å². The zero-order valence-electron chi connectivity index (χ0n) is 19.2. The van der Waals surface area contributed by atoms with Gasteiger partial charge in [0.05, 0.1) is 4.87 Å². The molecule has 30 heavy (non-hydrogen) atoms. The minimum absolute atomic E-state index is 0.0778. The number of thioether (sulfide) groups is 1. The van der Waals surface area contributed by atoms with E-state index in [-0.39, 0.29) is 4.87 Å². The van der Waals surface area contributed by atoms with Gasteiger partial charge in [-0.2, -0.15) is 0 Å². The highest BCUT2D eigenvalue weighted by atomic mass is 32.2. The average Bonchev–Trinajstić information content (AvgIpc) is 3.31. The molecular weight excluding hydrogens is 382 g/mol. The number of rotatable bonds is 6. The number of benzene rings is 1. The molecule has 0 bridgehead atoms. The second-order valence-electron chi connectivity index (χ2n) is 11.7. The fourth-order valence-electron chi connectivity index (χ4n) is 8.03. The summed E-state index contributed by atoms with van der Waals surface area (Å²) < 4.78 is 0. The first-order valence-corrected chi connectivity index (χ1v) is 13.9. The number of fused-ring (bicyclic) bond motifs is 2. The standard InChI is InChI=1S/C28H43NS/c1-20-10-12-27(13-11-20)30-28(29,18-21-14-23-6-2-3-7-24(23)15-21)19-22-16-25-8-4-5-9-26(25)17-22/h10-13,21-26H,2-9,14-19,29H2,1H3. The molecule has 4 atom stereocenters. The van der Waals surface area contributed by atoms with Gasteiger partial charge in [0.15, 0.2) is 0 Å². The predicted octanol–water partition coefficient (Wildman–Crippen LogP) is 7.96. The fourth-order valence-corrected chi connectivity index (χ4v) is 9.41. The smallest absolute Gasteiger partial charge is 0.0672 e. The summed E-state index contributed by atoms with van der Waals surface area (Å²) in [5, 5.41) is 0. The molecule has 1 nitrogen and oxygen atoms in total. The fraction of sp³-hybridized carbons (Fsp3) is 0.786. The molecule has 166 valence electrons. The molecule has 4 aliphatic rings. The molecule has 0 aromatic heterocycles. The Morgan fingerprint density at radius 3 is 1.53 bits per heavy atom. The monoisotopic (exact) mass is 425 g/mol. The Hall–Kier alpha value is -0.470. The Morgan fingerprint density at radius 1 is 0.733 bits per heavy atom. The summed E-state index contributed by atoms with van der Waals surface area (Å²) in [4.78, 5) is 1.31. The van der Waals surface area contributed by atoms with Gasteiger partial charge in [0.25, 0.3) is 0 Å². The molecule has 2 heteroatoms. The molecule has 0 radical (unpaired) electrons. The number of hydrogen-bond donors (Lipinski definition) is 1. The maximum atomic E-state index is 7.37. The molecule has 0 spiro atoms. The van der Waals surface area contributed by atoms with Crippen molar-refractivity contribution in [2.75, 3.05) is 0 Å². The average molecular weight is 426 g/mol. The zero-order chi connectivity index (χ0) is 20.6. The summed E-state index contributed by atoms with van der Waals surface area (Å²) in [6.07, 6.45) is 20.2. The first kappa shape index (κ1) is 21.4. The van der Waals surface area contributed by atoms with E-state index in [1.807, 2.05) is 11.8 Å². The molecule has 0 aliphatic heterocycles. The second-order valence-corrected chi connectivity index (χ2v) is 13.2. The van der Waals surface area contributed by atoms with Crippen molar-refractivity contribution in [3.63, 3.8) is 0 Å². The molecule has 2 N–H and O–H groups in total. The van der Waals surface area contributed by atoms with E-state index in [1.54, 1.807) is 0 Å². The molecule has 1 aromatic carbocycles. The van der Waals surface area contributed by atoms with Crippen LogP contribution in [0.1, 0.15) is 95.5 Å². The minimum Gasteiger partial charge on any atom is -0.316 e. The van der Waals surface area contributed by atoms with Gasteiger partial charge in [0, 0.05) is 4.90 Å². The number of nitrogens with two attached hydrogens (primary N) is 1. The van der Waals surface area contributed by atoms with Gasteiger partial charge in [-0.1, -0.05) is 69.1 Å². The summed E-state index contributed by atoms with van der Waals surface area (Å²) in [5.41, 5.74) is 8.72. The van der Waals surface area contributed by atoms with Gasteiger partial charge in [-0.15, -0.1) is 11.8 Å². The van der Waals surface area contributed by atoms with Crippen molar-refractivity contribution in [3.8, 4) is 0 Å². The van der Waals surface area contributed by atoms with E-state index in [1.165, 1.54) is 100 Å². The molecule has 4 saturated carbocycles. The third-order valence-electron chi connectivity index (χ3n) is 9.29. The maximum Gasteiger partial charge on any atom is 0.0672 e. The van der Waals surface area contributed by atoms with Crippen molar-refractivity contribution in [3.05, 3.63) is 29.8 Å². The van der Waals surface area contributed by atoms with Gasteiger partial charge in [-0.25, -0.2) is 0 Å². The van der Waals surface area contributed by atoms with Gasteiger partial charge < -0.3 is 5.73 Å². The van der Waals surface area contributed by atoms with Gasteiger partial charge in [0.2, 0.25) is 0 Å². The Labute approximate surface area is 189 Å². The topological polar surface area (TPSA) is 26.0 Å². The highest BCUT2D eigenvalue weighted by molar-refractivity contribution is 8.00. The predicted molar refractivity (Wildman–Crippen MR) is 130 cm³/mol. The van der Waals surface area contributed by atoms with Crippen molar-refractivity contribution in [1.29, 1.82) is 0 Å². The summed E-state index contributed by atoms with van der Waals surface area (Å²) in [6, 6.07) is 9.14. The van der Waals surface area contributed by atoms with Crippen LogP contribution in [0.5, 0.6) is 0 Å². The Balaban J connectivity index is 1.29. The maximum absolute atomic E-state index is 7.37. The van der Waals surface area contributed by atoms with Crippen LogP contribution in [0.15, 0.2) is 29.2 Å². The molecule has 1 aromatic rings. The van der Waals surface area contributed by atoms with Crippen LogP contribution in [-0.4, -0.2) is 4.87 Å². The third kappa shape index (κ3) is 4.96. The van der Waals surface area contributed by atoms with E-state index in [0.29, 0.717) is 0 Å². The highest BCUT2D eigenvalue weighted by Crippen LogP contribution is 2.53.